The standard InChI is InChI=1S/C30H34N4O6S/c1-23(34(41(2,37)38)25-13-17-28(18-14-25)40-27-9-5-3-6-10-27)30(36)32-31-21-24-11-15-26(16-12-24)39-22-29(35)33-19-7-4-8-20-33/h3,5-6,9-18,21,23H,4,7-8,19-20,22H2,1-2H3,(H,32,36)/b31-21-/t23-/m0/s1. The number of nitrogens with one attached hydrogen (secondary N) is 1. The molecule has 0 unspecified atom stereocenters. The Morgan fingerprint density at radius 2 is 1.54 bits per heavy atom. The zero-order chi connectivity index (χ0) is 29.2. The molecule has 1 N–H and O–H groups in total. The van der Waals surface area contributed by atoms with E-state index in [1.165, 1.54) is 13.1 Å². The normalized spacial score (nSPS) is 14.3. The van der Waals surface area contributed by atoms with Crippen molar-refractivity contribution in [1.82, 2.24) is 10.3 Å². The van der Waals surface area contributed by atoms with Gasteiger partial charge in [-0.05, 0) is 92.4 Å². The lowest BCUT2D eigenvalue weighted by atomic mass is 10.1. The molecule has 1 atom stereocenters. The van der Waals surface area contributed by atoms with Gasteiger partial charge < -0.3 is 14.4 Å². The van der Waals surface area contributed by atoms with Crippen molar-refractivity contribution in [3.8, 4) is 17.2 Å². The van der Waals surface area contributed by atoms with Crippen molar-refractivity contribution < 1.29 is 27.5 Å². The van der Waals surface area contributed by atoms with Crippen LogP contribution in [0, 0.1) is 0 Å². The fraction of sp³-hybridized carbons (Fsp3) is 0.300. The van der Waals surface area contributed by atoms with E-state index in [0.29, 0.717) is 28.5 Å². The van der Waals surface area contributed by atoms with Gasteiger partial charge in [0, 0.05) is 13.1 Å². The first-order valence-electron chi connectivity index (χ1n) is 13.4. The summed E-state index contributed by atoms with van der Waals surface area (Å²) in [5, 5.41) is 3.98. The quantitative estimate of drug-likeness (QED) is 0.270. The molecule has 3 aromatic carbocycles. The molecule has 1 saturated heterocycles. The molecule has 1 aliphatic rings. The van der Waals surface area contributed by atoms with E-state index in [0.717, 1.165) is 42.9 Å². The zero-order valence-corrected chi connectivity index (χ0v) is 23.9. The summed E-state index contributed by atoms with van der Waals surface area (Å²) in [6, 6.07) is 21.5. The summed E-state index contributed by atoms with van der Waals surface area (Å²) in [4.78, 5) is 26.9. The van der Waals surface area contributed by atoms with Gasteiger partial charge in [0.25, 0.3) is 11.8 Å². The van der Waals surface area contributed by atoms with E-state index in [2.05, 4.69) is 10.5 Å². The van der Waals surface area contributed by atoms with Crippen LogP contribution in [-0.2, 0) is 19.6 Å². The lowest BCUT2D eigenvalue weighted by Gasteiger charge is -2.27. The highest BCUT2D eigenvalue weighted by molar-refractivity contribution is 7.92. The lowest BCUT2D eigenvalue weighted by Crippen LogP contribution is -2.46. The Morgan fingerprint density at radius 1 is 0.927 bits per heavy atom. The van der Waals surface area contributed by atoms with Crippen molar-refractivity contribution in [3.63, 3.8) is 0 Å². The molecule has 4 rings (SSSR count). The maximum Gasteiger partial charge on any atom is 0.263 e. The highest BCUT2D eigenvalue weighted by Crippen LogP contribution is 2.27. The van der Waals surface area contributed by atoms with Crippen molar-refractivity contribution in [3.05, 3.63) is 84.4 Å². The maximum absolute atomic E-state index is 12.8. The van der Waals surface area contributed by atoms with Crippen LogP contribution in [-0.4, -0.2) is 63.3 Å². The summed E-state index contributed by atoms with van der Waals surface area (Å²) < 4.78 is 37.6. The molecule has 216 valence electrons. The summed E-state index contributed by atoms with van der Waals surface area (Å²) in [6.07, 6.45) is 5.69. The number of piperidine rings is 1. The molecule has 3 aromatic rings. The van der Waals surface area contributed by atoms with E-state index in [1.54, 1.807) is 48.5 Å². The number of likely N-dealkylation sites (tertiary alicyclic amines) is 1. The molecular formula is C30H34N4O6S. The van der Waals surface area contributed by atoms with Gasteiger partial charge in [0.2, 0.25) is 10.0 Å². The maximum atomic E-state index is 12.8. The van der Waals surface area contributed by atoms with Gasteiger partial charge in [0.15, 0.2) is 6.61 Å². The van der Waals surface area contributed by atoms with Crippen molar-refractivity contribution in [2.45, 2.75) is 32.2 Å². The minimum Gasteiger partial charge on any atom is -0.484 e. The van der Waals surface area contributed by atoms with Crippen LogP contribution in [0.15, 0.2) is 84.0 Å². The zero-order valence-electron chi connectivity index (χ0n) is 23.1. The van der Waals surface area contributed by atoms with E-state index >= 15 is 0 Å². The van der Waals surface area contributed by atoms with Crippen LogP contribution < -0.4 is 19.2 Å². The largest absolute Gasteiger partial charge is 0.484 e. The van der Waals surface area contributed by atoms with Crippen LogP contribution in [0.2, 0.25) is 0 Å². The third kappa shape index (κ3) is 8.55. The van der Waals surface area contributed by atoms with E-state index in [-0.39, 0.29) is 12.5 Å². The Balaban J connectivity index is 1.32. The number of hydrazone groups is 1. The SMILES string of the molecule is C[C@@H](C(=O)N/N=C\c1ccc(OCC(=O)N2CCCCC2)cc1)N(c1ccc(Oc2ccccc2)cc1)S(C)(=O)=O. The highest BCUT2D eigenvalue weighted by Gasteiger charge is 2.29. The van der Waals surface area contributed by atoms with Crippen LogP contribution >= 0.6 is 0 Å². The Morgan fingerprint density at radius 3 is 2.17 bits per heavy atom. The molecule has 41 heavy (non-hydrogen) atoms. The van der Waals surface area contributed by atoms with Crippen molar-refractivity contribution in [2.75, 3.05) is 30.3 Å². The molecule has 1 fully saturated rings. The number of ether oxygens (including phenoxy) is 2. The first-order valence-corrected chi connectivity index (χ1v) is 15.2. The van der Waals surface area contributed by atoms with Crippen molar-refractivity contribution in [1.29, 1.82) is 0 Å². The lowest BCUT2D eigenvalue weighted by molar-refractivity contribution is -0.134. The average molecular weight is 579 g/mol. The number of anilines is 1. The topological polar surface area (TPSA) is 118 Å². The van der Waals surface area contributed by atoms with Gasteiger partial charge in [-0.3, -0.25) is 13.9 Å². The summed E-state index contributed by atoms with van der Waals surface area (Å²) in [6.45, 7) is 3.03. The van der Waals surface area contributed by atoms with Gasteiger partial charge >= 0.3 is 0 Å². The predicted molar refractivity (Wildman–Crippen MR) is 158 cm³/mol. The second kappa shape index (κ2) is 13.8. The molecule has 11 heteroatoms. The molecule has 0 aromatic heterocycles. The van der Waals surface area contributed by atoms with Crippen LogP contribution in [0.25, 0.3) is 0 Å². The van der Waals surface area contributed by atoms with Crippen LogP contribution in [0.4, 0.5) is 5.69 Å². The Bertz CT molecular complexity index is 1440. The molecule has 1 heterocycles. The summed E-state index contributed by atoms with van der Waals surface area (Å²) in [5.74, 6) is 1.10. The second-order valence-electron chi connectivity index (χ2n) is 9.68. The predicted octanol–water partition coefficient (Wildman–Crippen LogP) is 4.18. The highest BCUT2D eigenvalue weighted by atomic mass is 32.2. The van der Waals surface area contributed by atoms with Gasteiger partial charge in [0.05, 0.1) is 18.2 Å². The monoisotopic (exact) mass is 578 g/mol. The van der Waals surface area contributed by atoms with Gasteiger partial charge in [-0.1, -0.05) is 18.2 Å². The first kappa shape index (κ1) is 29.6. The van der Waals surface area contributed by atoms with E-state index in [9.17, 15) is 18.0 Å². The molecule has 0 saturated carbocycles. The Kier molecular flexibility index (Phi) is 9.96. The number of amides is 2. The summed E-state index contributed by atoms with van der Waals surface area (Å²) >= 11 is 0. The number of para-hydroxylation sites is 1. The Hall–Kier alpha value is -4.38. The molecule has 1 aliphatic heterocycles. The summed E-state index contributed by atoms with van der Waals surface area (Å²) in [7, 11) is -3.80. The number of benzene rings is 3. The van der Waals surface area contributed by atoms with Crippen LogP contribution in [0.5, 0.6) is 17.2 Å². The van der Waals surface area contributed by atoms with Crippen LogP contribution in [0.1, 0.15) is 31.7 Å². The second-order valence-corrected chi connectivity index (χ2v) is 11.5. The fourth-order valence-electron chi connectivity index (χ4n) is 4.39. The third-order valence-corrected chi connectivity index (χ3v) is 7.74. The fourth-order valence-corrected chi connectivity index (χ4v) is 5.56. The minimum absolute atomic E-state index is 0.0129. The summed E-state index contributed by atoms with van der Waals surface area (Å²) in [5.41, 5.74) is 3.40. The molecular weight excluding hydrogens is 544 g/mol. The third-order valence-electron chi connectivity index (χ3n) is 6.50. The van der Waals surface area contributed by atoms with E-state index in [4.69, 9.17) is 9.47 Å². The van der Waals surface area contributed by atoms with Gasteiger partial charge in [-0.25, -0.2) is 13.8 Å². The number of hydrogen-bond acceptors (Lipinski definition) is 7. The molecule has 2 amide bonds. The Labute approximate surface area is 240 Å². The van der Waals surface area contributed by atoms with E-state index in [1.807, 2.05) is 35.2 Å². The minimum atomic E-state index is -3.80. The smallest absolute Gasteiger partial charge is 0.263 e. The average Bonchev–Trinajstić information content (AvgIpc) is 2.98. The molecule has 0 aliphatic carbocycles. The van der Waals surface area contributed by atoms with Gasteiger partial charge in [-0.2, -0.15) is 5.10 Å². The van der Waals surface area contributed by atoms with Crippen LogP contribution in [0.3, 0.4) is 0 Å². The molecule has 0 spiro atoms. The number of nitrogens with zero attached hydrogens (tertiary/aromatic N) is 3. The molecule has 0 radical (unpaired) electrons. The molecule has 10 nitrogen and oxygen atoms in total. The number of carbonyl (C=O) groups is 2. The van der Waals surface area contributed by atoms with Crippen molar-refractivity contribution >= 4 is 33.7 Å². The number of rotatable bonds is 11. The van der Waals surface area contributed by atoms with Gasteiger partial charge in [0.1, 0.15) is 23.3 Å². The van der Waals surface area contributed by atoms with Gasteiger partial charge in [-0.15, -0.1) is 0 Å². The first-order chi connectivity index (χ1) is 19.7. The number of carbonyl (C=O) groups excluding carboxylic acids is 2. The number of hydrogen-bond donors (Lipinski definition) is 1. The van der Waals surface area contributed by atoms with E-state index < -0.39 is 22.0 Å². The van der Waals surface area contributed by atoms with Crippen molar-refractivity contribution in [2.24, 2.45) is 5.10 Å². The molecule has 0 bridgehead atoms. The number of sulfonamides is 1.